The number of nitrogens with zero attached hydrogens (tertiary/aromatic N) is 1. The summed E-state index contributed by atoms with van der Waals surface area (Å²) in [6.07, 6.45) is 0. The van der Waals surface area contributed by atoms with Crippen molar-refractivity contribution in [3.05, 3.63) is 28.5 Å². The van der Waals surface area contributed by atoms with E-state index in [0.29, 0.717) is 16.3 Å². The molecule has 0 saturated heterocycles. The Morgan fingerprint density at radius 1 is 1.56 bits per heavy atom. The lowest BCUT2D eigenvalue weighted by Crippen LogP contribution is -2.39. The number of carbonyl (C=O) groups is 1. The van der Waals surface area contributed by atoms with E-state index in [1.54, 1.807) is 13.8 Å². The molecule has 1 aromatic carbocycles. The van der Waals surface area contributed by atoms with Crippen LogP contribution in [0.3, 0.4) is 0 Å². The maximum Gasteiger partial charge on any atom is 0.243 e. The first-order valence-electron chi connectivity index (χ1n) is 4.83. The number of aryl methyl sites for hydroxylation is 1. The lowest BCUT2D eigenvalue weighted by Gasteiger charge is -2.21. The maximum atomic E-state index is 13.4. The molecule has 2 N–H and O–H groups in total. The van der Waals surface area contributed by atoms with Gasteiger partial charge in [-0.25, -0.2) is 4.39 Å². The predicted molar refractivity (Wildman–Crippen MR) is 63.2 cm³/mol. The Labute approximate surface area is 99.0 Å². The molecule has 1 aromatic rings. The number of anilines is 1. The molecule has 16 heavy (non-hydrogen) atoms. The monoisotopic (exact) mass is 244 g/mol. The number of hydrogen-bond acceptors (Lipinski definition) is 2. The van der Waals surface area contributed by atoms with Crippen LogP contribution >= 0.6 is 11.6 Å². The molecule has 0 aliphatic carbocycles. The van der Waals surface area contributed by atoms with Crippen LogP contribution in [0.4, 0.5) is 10.1 Å². The lowest BCUT2D eigenvalue weighted by molar-refractivity contribution is -0.119. The van der Waals surface area contributed by atoms with Gasteiger partial charge in [0.15, 0.2) is 0 Å². The van der Waals surface area contributed by atoms with Crippen molar-refractivity contribution in [2.45, 2.75) is 19.9 Å². The quantitative estimate of drug-likeness (QED) is 0.866. The Morgan fingerprint density at radius 2 is 2.12 bits per heavy atom. The molecule has 0 heterocycles. The fourth-order valence-corrected chi connectivity index (χ4v) is 1.66. The molecule has 0 fully saturated rings. The summed E-state index contributed by atoms with van der Waals surface area (Å²) >= 11 is 5.94. The predicted octanol–water partition coefficient (Wildman–Crippen LogP) is 2.10. The Balaban J connectivity index is 3.14. The zero-order valence-corrected chi connectivity index (χ0v) is 10.2. The zero-order chi connectivity index (χ0) is 12.5. The number of likely N-dealkylation sites (N-methyl/N-ethyl adjacent to an activating group) is 1. The Bertz CT molecular complexity index is 421. The molecule has 1 unspecified atom stereocenters. The number of halogens is 2. The highest BCUT2D eigenvalue weighted by Gasteiger charge is 2.18. The molecular weight excluding hydrogens is 231 g/mol. The van der Waals surface area contributed by atoms with Gasteiger partial charge in [-0.15, -0.1) is 0 Å². The molecule has 5 heteroatoms. The number of carbonyl (C=O) groups excluding carboxylic acids is 1. The van der Waals surface area contributed by atoms with Crippen molar-refractivity contribution in [3.8, 4) is 0 Å². The number of hydrogen-bond donors (Lipinski definition) is 1. The second-order valence-electron chi connectivity index (χ2n) is 3.74. The molecule has 0 aliphatic heterocycles. The first-order valence-corrected chi connectivity index (χ1v) is 5.21. The highest BCUT2D eigenvalue weighted by molar-refractivity contribution is 6.33. The molecular formula is C11H14ClFN2O. The smallest absolute Gasteiger partial charge is 0.243 e. The molecule has 88 valence electrons. The van der Waals surface area contributed by atoms with E-state index < -0.39 is 11.9 Å². The van der Waals surface area contributed by atoms with Gasteiger partial charge >= 0.3 is 0 Å². The van der Waals surface area contributed by atoms with Gasteiger partial charge in [0.2, 0.25) is 5.91 Å². The van der Waals surface area contributed by atoms with Crippen LogP contribution in [-0.2, 0) is 4.79 Å². The number of benzene rings is 1. The molecule has 0 saturated carbocycles. The maximum absolute atomic E-state index is 13.4. The van der Waals surface area contributed by atoms with Crippen LogP contribution in [0.5, 0.6) is 0 Å². The summed E-state index contributed by atoms with van der Waals surface area (Å²) in [4.78, 5) is 12.9. The van der Waals surface area contributed by atoms with Gasteiger partial charge in [-0.3, -0.25) is 4.79 Å². The Hall–Kier alpha value is -1.13. The number of amides is 1. The van der Waals surface area contributed by atoms with Gasteiger partial charge in [0.05, 0.1) is 16.8 Å². The van der Waals surface area contributed by atoms with E-state index in [0.717, 1.165) is 0 Å². The SMILES string of the molecule is Cc1cc(Cl)c(N(C)C(=O)C(C)N)cc1F. The van der Waals surface area contributed by atoms with E-state index in [1.807, 2.05) is 0 Å². The molecule has 1 amide bonds. The third kappa shape index (κ3) is 2.51. The summed E-state index contributed by atoms with van der Waals surface area (Å²) < 4.78 is 13.4. The molecule has 0 aromatic heterocycles. The minimum atomic E-state index is -0.648. The van der Waals surface area contributed by atoms with Gasteiger partial charge in [-0.2, -0.15) is 0 Å². The van der Waals surface area contributed by atoms with Gasteiger partial charge in [-0.05, 0) is 31.5 Å². The van der Waals surface area contributed by atoms with Crippen molar-refractivity contribution >= 4 is 23.2 Å². The van der Waals surface area contributed by atoms with Crippen molar-refractivity contribution < 1.29 is 9.18 Å². The summed E-state index contributed by atoms with van der Waals surface area (Å²) in [5, 5.41) is 0.329. The third-order valence-corrected chi connectivity index (χ3v) is 2.61. The molecule has 3 nitrogen and oxygen atoms in total. The van der Waals surface area contributed by atoms with E-state index in [2.05, 4.69) is 0 Å². The van der Waals surface area contributed by atoms with Crippen molar-refractivity contribution in [1.29, 1.82) is 0 Å². The van der Waals surface area contributed by atoms with Crippen molar-refractivity contribution in [2.75, 3.05) is 11.9 Å². The second-order valence-corrected chi connectivity index (χ2v) is 4.15. The van der Waals surface area contributed by atoms with Crippen LogP contribution in [0.1, 0.15) is 12.5 Å². The van der Waals surface area contributed by atoms with E-state index in [1.165, 1.54) is 24.1 Å². The molecule has 1 atom stereocenters. The largest absolute Gasteiger partial charge is 0.320 e. The first kappa shape index (κ1) is 12.9. The van der Waals surface area contributed by atoms with Crippen LogP contribution < -0.4 is 10.6 Å². The molecule has 0 bridgehead atoms. The Kier molecular flexibility index (Phi) is 3.88. The minimum absolute atomic E-state index is 0.315. The van der Waals surface area contributed by atoms with Gasteiger partial charge in [0.25, 0.3) is 0 Å². The van der Waals surface area contributed by atoms with E-state index in [-0.39, 0.29) is 5.91 Å². The van der Waals surface area contributed by atoms with E-state index in [4.69, 9.17) is 17.3 Å². The summed E-state index contributed by atoms with van der Waals surface area (Å²) in [6, 6.07) is 2.07. The minimum Gasteiger partial charge on any atom is -0.320 e. The summed E-state index contributed by atoms with van der Waals surface area (Å²) in [6.45, 7) is 3.18. The fourth-order valence-electron chi connectivity index (χ4n) is 1.32. The summed E-state index contributed by atoms with van der Waals surface area (Å²) in [5.41, 5.74) is 6.23. The van der Waals surface area contributed by atoms with Crippen LogP contribution in [-0.4, -0.2) is 19.0 Å². The highest BCUT2D eigenvalue weighted by atomic mass is 35.5. The van der Waals surface area contributed by atoms with Gasteiger partial charge < -0.3 is 10.6 Å². The zero-order valence-electron chi connectivity index (χ0n) is 9.42. The van der Waals surface area contributed by atoms with Crippen LogP contribution in [0.15, 0.2) is 12.1 Å². The average Bonchev–Trinajstić information content (AvgIpc) is 2.21. The van der Waals surface area contributed by atoms with E-state index >= 15 is 0 Å². The van der Waals surface area contributed by atoms with Crippen molar-refractivity contribution in [2.24, 2.45) is 5.73 Å². The van der Waals surface area contributed by atoms with E-state index in [9.17, 15) is 9.18 Å². The second kappa shape index (κ2) is 4.80. The van der Waals surface area contributed by atoms with Gasteiger partial charge in [0, 0.05) is 7.05 Å². The fraction of sp³-hybridized carbons (Fsp3) is 0.364. The normalized spacial score (nSPS) is 12.4. The van der Waals surface area contributed by atoms with Crippen LogP contribution in [0.2, 0.25) is 5.02 Å². The van der Waals surface area contributed by atoms with Crippen LogP contribution in [0.25, 0.3) is 0 Å². The lowest BCUT2D eigenvalue weighted by atomic mass is 10.2. The average molecular weight is 245 g/mol. The molecule has 0 spiro atoms. The number of nitrogens with two attached hydrogens (primary N) is 1. The first-order chi connectivity index (χ1) is 7.34. The highest BCUT2D eigenvalue weighted by Crippen LogP contribution is 2.28. The Morgan fingerprint density at radius 3 is 2.62 bits per heavy atom. The van der Waals surface area contributed by atoms with Gasteiger partial charge in [0.1, 0.15) is 5.82 Å². The summed E-state index contributed by atoms with van der Waals surface area (Å²) in [7, 11) is 1.52. The molecule has 0 radical (unpaired) electrons. The van der Waals surface area contributed by atoms with Crippen molar-refractivity contribution in [3.63, 3.8) is 0 Å². The third-order valence-electron chi connectivity index (χ3n) is 2.31. The molecule has 1 rings (SSSR count). The van der Waals surface area contributed by atoms with Crippen LogP contribution in [0, 0.1) is 12.7 Å². The summed E-state index contributed by atoms with van der Waals surface area (Å²) in [5.74, 6) is -0.714. The van der Waals surface area contributed by atoms with Crippen molar-refractivity contribution in [1.82, 2.24) is 0 Å². The molecule has 0 aliphatic rings. The van der Waals surface area contributed by atoms with Gasteiger partial charge in [-0.1, -0.05) is 11.6 Å². The topological polar surface area (TPSA) is 46.3 Å². The number of rotatable bonds is 2. The standard InChI is InChI=1S/C11H14ClFN2O/c1-6-4-8(12)10(5-9(6)13)15(3)11(16)7(2)14/h4-5,7H,14H2,1-3H3.